The Kier molecular flexibility index (Phi) is 4.20. The van der Waals surface area contributed by atoms with E-state index < -0.39 is 5.41 Å². The lowest BCUT2D eigenvalue weighted by molar-refractivity contribution is -0.158. The summed E-state index contributed by atoms with van der Waals surface area (Å²) < 4.78 is 5.00. The van der Waals surface area contributed by atoms with Crippen molar-refractivity contribution in [3.63, 3.8) is 0 Å². The van der Waals surface area contributed by atoms with Gasteiger partial charge in [0, 0.05) is 0 Å². The number of carbonyl (C=O) groups is 2. The second kappa shape index (κ2) is 5.01. The predicted molar refractivity (Wildman–Crippen MR) is 60.6 cm³/mol. The highest BCUT2D eigenvalue weighted by atomic mass is 32.2. The maximum absolute atomic E-state index is 11.9. The molecule has 0 bridgehead atoms. The lowest BCUT2D eigenvalue weighted by Gasteiger charge is -2.24. The third-order valence-corrected chi connectivity index (χ3v) is 3.77. The van der Waals surface area contributed by atoms with Crippen LogP contribution in [0.25, 0.3) is 0 Å². The molecule has 0 spiro atoms. The summed E-state index contributed by atoms with van der Waals surface area (Å²) >= 11 is 1.22. The summed E-state index contributed by atoms with van der Waals surface area (Å²) in [5, 5.41) is -0.0362. The van der Waals surface area contributed by atoms with E-state index in [9.17, 15) is 9.59 Å². The van der Waals surface area contributed by atoms with Crippen molar-refractivity contribution in [2.75, 3.05) is 12.4 Å². The SMILES string of the molecule is CCOC(=O)C(C)(C(=O)SCC)C1CC1. The lowest BCUT2D eigenvalue weighted by Crippen LogP contribution is -2.38. The molecule has 4 heteroatoms. The van der Waals surface area contributed by atoms with Gasteiger partial charge in [-0.3, -0.25) is 9.59 Å². The van der Waals surface area contributed by atoms with Gasteiger partial charge < -0.3 is 4.74 Å². The van der Waals surface area contributed by atoms with Crippen molar-refractivity contribution in [2.45, 2.75) is 33.6 Å². The van der Waals surface area contributed by atoms with Crippen molar-refractivity contribution in [1.82, 2.24) is 0 Å². The fourth-order valence-electron chi connectivity index (χ4n) is 1.64. The fourth-order valence-corrected chi connectivity index (χ4v) is 2.45. The second-order valence-corrected chi connectivity index (χ2v) is 5.15. The van der Waals surface area contributed by atoms with Crippen LogP contribution in [0.1, 0.15) is 33.6 Å². The van der Waals surface area contributed by atoms with Crippen LogP contribution in [0.4, 0.5) is 0 Å². The molecular formula is C11H18O3S. The van der Waals surface area contributed by atoms with Gasteiger partial charge in [0.2, 0.25) is 5.12 Å². The summed E-state index contributed by atoms with van der Waals surface area (Å²) in [5.74, 6) is 0.558. The Balaban J connectivity index is 2.77. The summed E-state index contributed by atoms with van der Waals surface area (Å²) in [4.78, 5) is 23.7. The van der Waals surface area contributed by atoms with E-state index in [0.29, 0.717) is 12.4 Å². The van der Waals surface area contributed by atoms with E-state index >= 15 is 0 Å². The first-order valence-electron chi connectivity index (χ1n) is 5.41. The van der Waals surface area contributed by atoms with Crippen LogP contribution in [0.3, 0.4) is 0 Å². The molecule has 0 aliphatic heterocycles. The Labute approximate surface area is 94.9 Å². The molecule has 0 heterocycles. The Morgan fingerprint density at radius 3 is 2.40 bits per heavy atom. The van der Waals surface area contributed by atoms with E-state index in [1.807, 2.05) is 6.92 Å². The van der Waals surface area contributed by atoms with E-state index in [-0.39, 0.29) is 17.0 Å². The molecule has 1 unspecified atom stereocenters. The number of esters is 1. The highest BCUT2D eigenvalue weighted by Crippen LogP contribution is 2.48. The molecule has 0 aromatic rings. The molecule has 0 radical (unpaired) electrons. The van der Waals surface area contributed by atoms with Crippen molar-refractivity contribution in [1.29, 1.82) is 0 Å². The van der Waals surface area contributed by atoms with Crippen molar-refractivity contribution in [2.24, 2.45) is 11.3 Å². The minimum Gasteiger partial charge on any atom is -0.465 e. The van der Waals surface area contributed by atoms with E-state index in [2.05, 4.69) is 0 Å². The van der Waals surface area contributed by atoms with E-state index in [0.717, 1.165) is 12.8 Å². The predicted octanol–water partition coefficient (Wildman–Crippen LogP) is 2.25. The molecule has 1 rings (SSSR count). The first kappa shape index (κ1) is 12.6. The minimum absolute atomic E-state index is 0.0362. The molecule has 0 saturated heterocycles. The number of hydrogen-bond donors (Lipinski definition) is 0. The number of rotatable bonds is 5. The fraction of sp³-hybridized carbons (Fsp3) is 0.818. The van der Waals surface area contributed by atoms with Crippen LogP contribution in [0, 0.1) is 11.3 Å². The largest absolute Gasteiger partial charge is 0.465 e. The van der Waals surface area contributed by atoms with Gasteiger partial charge in [0.25, 0.3) is 0 Å². The van der Waals surface area contributed by atoms with Gasteiger partial charge in [-0.15, -0.1) is 0 Å². The summed E-state index contributed by atoms with van der Waals surface area (Å²) in [6, 6.07) is 0. The smallest absolute Gasteiger partial charge is 0.320 e. The van der Waals surface area contributed by atoms with Crippen LogP contribution < -0.4 is 0 Å². The van der Waals surface area contributed by atoms with Crippen molar-refractivity contribution < 1.29 is 14.3 Å². The quantitative estimate of drug-likeness (QED) is 0.536. The van der Waals surface area contributed by atoms with Crippen LogP contribution >= 0.6 is 11.8 Å². The van der Waals surface area contributed by atoms with E-state index in [4.69, 9.17) is 4.74 Å². The first-order valence-corrected chi connectivity index (χ1v) is 6.40. The number of thioether (sulfide) groups is 1. The first-order chi connectivity index (χ1) is 7.07. The second-order valence-electron chi connectivity index (χ2n) is 3.92. The molecule has 0 aromatic heterocycles. The molecule has 0 aromatic carbocycles. The Morgan fingerprint density at radius 1 is 1.40 bits per heavy atom. The molecule has 1 saturated carbocycles. The summed E-state index contributed by atoms with van der Waals surface area (Å²) in [7, 11) is 0. The maximum atomic E-state index is 11.9. The van der Waals surface area contributed by atoms with Crippen LogP contribution in [-0.4, -0.2) is 23.4 Å². The molecule has 0 N–H and O–H groups in total. The van der Waals surface area contributed by atoms with Crippen LogP contribution in [0.15, 0.2) is 0 Å². The topological polar surface area (TPSA) is 43.4 Å². The van der Waals surface area contributed by atoms with Crippen molar-refractivity contribution in [3.05, 3.63) is 0 Å². The molecule has 86 valence electrons. The molecule has 3 nitrogen and oxygen atoms in total. The molecule has 0 amide bonds. The molecule has 1 atom stereocenters. The Bertz CT molecular complexity index is 241. The van der Waals surface area contributed by atoms with Crippen LogP contribution in [0.5, 0.6) is 0 Å². The van der Waals surface area contributed by atoms with Gasteiger partial charge in [0.05, 0.1) is 6.61 Å². The molecule has 1 aliphatic rings. The van der Waals surface area contributed by atoms with Crippen LogP contribution in [-0.2, 0) is 14.3 Å². The third-order valence-electron chi connectivity index (χ3n) is 2.79. The minimum atomic E-state index is -0.906. The average molecular weight is 230 g/mol. The zero-order valence-electron chi connectivity index (χ0n) is 9.54. The molecular weight excluding hydrogens is 212 g/mol. The zero-order valence-corrected chi connectivity index (χ0v) is 10.4. The molecule has 1 aliphatic carbocycles. The van der Waals surface area contributed by atoms with Gasteiger partial charge in [0.15, 0.2) is 0 Å². The van der Waals surface area contributed by atoms with Crippen molar-refractivity contribution in [3.8, 4) is 0 Å². The Morgan fingerprint density at radius 2 is 2.00 bits per heavy atom. The highest BCUT2D eigenvalue weighted by molar-refractivity contribution is 8.13. The number of ether oxygens (including phenoxy) is 1. The van der Waals surface area contributed by atoms with Gasteiger partial charge >= 0.3 is 5.97 Å². The third kappa shape index (κ3) is 2.54. The molecule has 15 heavy (non-hydrogen) atoms. The molecule has 1 fully saturated rings. The van der Waals surface area contributed by atoms with Crippen LogP contribution in [0.2, 0.25) is 0 Å². The number of carbonyl (C=O) groups excluding carboxylic acids is 2. The summed E-state index contributed by atoms with van der Waals surface area (Å²) in [5.41, 5.74) is -0.906. The van der Waals surface area contributed by atoms with Gasteiger partial charge in [-0.2, -0.15) is 0 Å². The monoisotopic (exact) mass is 230 g/mol. The van der Waals surface area contributed by atoms with E-state index in [1.165, 1.54) is 11.8 Å². The summed E-state index contributed by atoms with van der Waals surface area (Å²) in [6.07, 6.45) is 1.93. The zero-order chi connectivity index (χ0) is 11.5. The highest BCUT2D eigenvalue weighted by Gasteiger charge is 2.53. The lowest BCUT2D eigenvalue weighted by atomic mass is 9.86. The van der Waals surface area contributed by atoms with E-state index in [1.54, 1.807) is 13.8 Å². The van der Waals surface area contributed by atoms with Gasteiger partial charge in [-0.25, -0.2) is 0 Å². The normalized spacial score (nSPS) is 19.4. The average Bonchev–Trinajstić information content (AvgIpc) is 3.00. The van der Waals surface area contributed by atoms with Gasteiger partial charge in [0.1, 0.15) is 5.41 Å². The number of hydrogen-bond acceptors (Lipinski definition) is 4. The van der Waals surface area contributed by atoms with Crippen molar-refractivity contribution >= 4 is 22.8 Å². The maximum Gasteiger partial charge on any atom is 0.320 e. The van der Waals surface area contributed by atoms with Gasteiger partial charge in [-0.1, -0.05) is 18.7 Å². The van der Waals surface area contributed by atoms with Gasteiger partial charge in [-0.05, 0) is 38.4 Å². The Hall–Kier alpha value is -0.510. The standard InChI is InChI=1S/C11H18O3S/c1-4-14-9(12)11(3,8-6-7-8)10(13)15-5-2/h8H,4-7H2,1-3H3. The summed E-state index contributed by atoms with van der Waals surface area (Å²) in [6.45, 7) is 5.75.